The van der Waals surface area contributed by atoms with E-state index in [0.29, 0.717) is 49.1 Å². The zero-order valence-electron chi connectivity index (χ0n) is 35.4. The van der Waals surface area contributed by atoms with Gasteiger partial charge >= 0.3 is 23.9 Å². The summed E-state index contributed by atoms with van der Waals surface area (Å²) in [7, 11) is 0. The van der Waals surface area contributed by atoms with Gasteiger partial charge in [-0.05, 0) is 86.3 Å². The minimum atomic E-state index is -0.846. The third-order valence-corrected chi connectivity index (χ3v) is 9.19. The van der Waals surface area contributed by atoms with E-state index in [9.17, 15) is 19.2 Å². The topological polar surface area (TPSA) is 142 Å². The molecule has 0 heterocycles. The average molecular weight is 837 g/mol. The molecule has 0 aromatic heterocycles. The van der Waals surface area contributed by atoms with Crippen LogP contribution in [0, 0.1) is 0 Å². The predicted molar refractivity (Wildman–Crippen MR) is 230 cm³/mol. The molecule has 2 unspecified atom stereocenters. The minimum absolute atomic E-state index is 0.0416. The van der Waals surface area contributed by atoms with E-state index in [0.717, 1.165) is 11.1 Å². The van der Waals surface area contributed by atoms with Gasteiger partial charge in [0.25, 0.3) is 0 Å². The summed E-state index contributed by atoms with van der Waals surface area (Å²) < 4.78 is 45.1. The molecule has 0 radical (unpaired) electrons. The van der Waals surface area contributed by atoms with Gasteiger partial charge in [-0.1, -0.05) is 87.7 Å². The highest BCUT2D eigenvalue weighted by Gasteiger charge is 2.25. The number of benzene rings is 4. The summed E-state index contributed by atoms with van der Waals surface area (Å²) in [5.41, 5.74) is 2.05. The lowest BCUT2D eigenvalue weighted by molar-refractivity contribution is -0.159. The molecule has 0 amide bonds. The maximum absolute atomic E-state index is 12.7. The molecule has 0 fully saturated rings. The van der Waals surface area contributed by atoms with E-state index in [1.54, 1.807) is 0 Å². The van der Waals surface area contributed by atoms with Crippen LogP contribution < -0.4 is 18.9 Å². The van der Waals surface area contributed by atoms with Gasteiger partial charge in [0.15, 0.2) is 12.2 Å². The maximum Gasteiger partial charge on any atom is 0.333 e. The Morgan fingerprint density at radius 2 is 0.836 bits per heavy atom. The SMILES string of the molecule is C=C(C)C(=O)OCC(COc1ccc(C(C)(C)c2ccc(OCC(COC(=O)C(=C)C)OC(=O)CCCOc3ccccc3)cc2)cc1)OC(=O)CCCOc1ccccc1. The van der Waals surface area contributed by atoms with Crippen molar-refractivity contribution >= 4 is 23.9 Å². The largest absolute Gasteiger partial charge is 0.494 e. The fraction of sp³-hybridized carbons (Fsp3) is 0.347. The summed E-state index contributed by atoms with van der Waals surface area (Å²) in [6.07, 6.45) is -0.573. The van der Waals surface area contributed by atoms with E-state index >= 15 is 0 Å². The second-order valence-electron chi connectivity index (χ2n) is 14.8. The number of esters is 4. The van der Waals surface area contributed by atoms with Crippen LogP contribution in [0.3, 0.4) is 0 Å². The van der Waals surface area contributed by atoms with Crippen molar-refractivity contribution in [3.05, 3.63) is 145 Å². The zero-order valence-corrected chi connectivity index (χ0v) is 35.4. The number of carbonyl (C=O) groups is 4. The van der Waals surface area contributed by atoms with Crippen LogP contribution in [0.15, 0.2) is 133 Å². The quantitative estimate of drug-likeness (QED) is 0.0259. The van der Waals surface area contributed by atoms with Gasteiger partial charge in [0.05, 0.1) is 13.2 Å². The first-order valence-corrected chi connectivity index (χ1v) is 20.2. The van der Waals surface area contributed by atoms with Gasteiger partial charge in [0.1, 0.15) is 49.4 Å². The van der Waals surface area contributed by atoms with Crippen molar-refractivity contribution in [1.82, 2.24) is 0 Å². The van der Waals surface area contributed by atoms with Crippen LogP contribution >= 0.6 is 0 Å². The lowest BCUT2D eigenvalue weighted by Gasteiger charge is -2.27. The Labute approximate surface area is 358 Å². The Balaban J connectivity index is 1.29. The van der Waals surface area contributed by atoms with Crippen LogP contribution in [0.25, 0.3) is 0 Å². The summed E-state index contributed by atoms with van der Waals surface area (Å²) in [6, 6.07) is 33.7. The molecule has 0 N–H and O–H groups in total. The van der Waals surface area contributed by atoms with Gasteiger partial charge in [0.2, 0.25) is 0 Å². The van der Waals surface area contributed by atoms with Crippen molar-refractivity contribution in [3.8, 4) is 23.0 Å². The lowest BCUT2D eigenvalue weighted by Crippen LogP contribution is -2.31. The average Bonchev–Trinajstić information content (AvgIpc) is 3.26. The summed E-state index contributed by atoms with van der Waals surface area (Å²) in [5, 5.41) is 0. The van der Waals surface area contributed by atoms with Gasteiger partial charge in [-0.15, -0.1) is 0 Å². The Hall–Kier alpha value is -6.56. The molecule has 2 atom stereocenters. The van der Waals surface area contributed by atoms with Crippen LogP contribution in [-0.4, -0.2) is 75.7 Å². The van der Waals surface area contributed by atoms with Gasteiger partial charge in [0, 0.05) is 29.4 Å². The number of hydrogen-bond acceptors (Lipinski definition) is 12. The van der Waals surface area contributed by atoms with Crippen LogP contribution in [0.2, 0.25) is 0 Å². The molecule has 12 nitrogen and oxygen atoms in total. The first-order valence-electron chi connectivity index (χ1n) is 20.2. The van der Waals surface area contributed by atoms with Crippen molar-refractivity contribution in [1.29, 1.82) is 0 Å². The summed E-state index contributed by atoms with van der Waals surface area (Å²) >= 11 is 0. The first-order chi connectivity index (χ1) is 29.3. The second-order valence-corrected chi connectivity index (χ2v) is 14.8. The molecule has 4 aromatic carbocycles. The molecule has 61 heavy (non-hydrogen) atoms. The zero-order chi connectivity index (χ0) is 44.0. The van der Waals surface area contributed by atoms with Crippen molar-refractivity contribution in [2.45, 2.75) is 71.0 Å². The Kier molecular flexibility index (Phi) is 18.9. The van der Waals surface area contributed by atoms with Crippen molar-refractivity contribution in [2.75, 3.05) is 39.6 Å². The number of para-hydroxylation sites is 2. The Morgan fingerprint density at radius 3 is 1.18 bits per heavy atom. The number of rotatable bonds is 26. The van der Waals surface area contributed by atoms with Crippen LogP contribution in [0.4, 0.5) is 0 Å². The Bertz CT molecular complexity index is 1860. The smallest absolute Gasteiger partial charge is 0.333 e. The van der Waals surface area contributed by atoms with Crippen LogP contribution in [0.5, 0.6) is 23.0 Å². The standard InChI is InChI=1S/C49H56O12/c1-35(2)47(52)58-33-43(60-45(50)19-13-29-54-39-15-9-7-10-16-39)31-56-41-25-21-37(22-26-41)49(5,6)38-23-27-42(28-24-38)57-32-44(34-59-48(53)36(3)4)61-46(51)20-14-30-55-40-17-11-8-12-18-40/h7-12,15-18,21-28,43-44H,1,3,13-14,19-20,29-34H2,2,4-6H3. The molecule has 324 valence electrons. The van der Waals surface area contributed by atoms with E-state index in [1.165, 1.54) is 13.8 Å². The predicted octanol–water partition coefficient (Wildman–Crippen LogP) is 8.55. The van der Waals surface area contributed by atoms with Crippen molar-refractivity contribution in [3.63, 3.8) is 0 Å². The maximum atomic E-state index is 12.7. The highest BCUT2D eigenvalue weighted by atomic mass is 16.6. The summed E-state index contributed by atoms with van der Waals surface area (Å²) in [6.45, 7) is 14.7. The van der Waals surface area contributed by atoms with Crippen LogP contribution in [-0.2, 0) is 43.5 Å². The molecule has 4 aromatic rings. The Morgan fingerprint density at radius 1 is 0.492 bits per heavy atom. The molecule has 0 spiro atoms. The van der Waals surface area contributed by atoms with Gasteiger partial charge in [-0.2, -0.15) is 0 Å². The molecule has 0 aliphatic rings. The van der Waals surface area contributed by atoms with Gasteiger partial charge < -0.3 is 37.9 Å². The third kappa shape index (κ3) is 16.9. The molecular formula is C49H56O12. The summed E-state index contributed by atoms with van der Waals surface area (Å²) in [5.74, 6) is 0.401. The number of carbonyl (C=O) groups excluding carboxylic acids is 4. The molecule has 12 heteroatoms. The fourth-order valence-electron chi connectivity index (χ4n) is 5.63. The van der Waals surface area contributed by atoms with Crippen molar-refractivity contribution in [2.24, 2.45) is 0 Å². The first kappa shape index (κ1) is 47.1. The summed E-state index contributed by atoms with van der Waals surface area (Å²) in [4.78, 5) is 49.5. The van der Waals surface area contributed by atoms with Gasteiger partial charge in [-0.25, -0.2) is 9.59 Å². The highest BCUT2D eigenvalue weighted by molar-refractivity contribution is 5.87. The van der Waals surface area contributed by atoms with E-state index in [-0.39, 0.29) is 50.4 Å². The number of ether oxygens (including phenoxy) is 8. The molecule has 4 rings (SSSR count). The molecule has 0 bridgehead atoms. The monoisotopic (exact) mass is 836 g/mol. The molecule has 0 aliphatic heterocycles. The molecule has 0 aliphatic carbocycles. The van der Waals surface area contributed by atoms with Crippen molar-refractivity contribution < 1.29 is 57.1 Å². The van der Waals surface area contributed by atoms with E-state index < -0.39 is 41.5 Å². The van der Waals surface area contributed by atoms with E-state index in [1.807, 2.05) is 109 Å². The van der Waals surface area contributed by atoms with Crippen LogP contribution in [0.1, 0.15) is 64.5 Å². The normalized spacial score (nSPS) is 11.9. The second kappa shape index (κ2) is 24.5. The van der Waals surface area contributed by atoms with E-state index in [4.69, 9.17) is 37.9 Å². The third-order valence-electron chi connectivity index (χ3n) is 9.19. The minimum Gasteiger partial charge on any atom is -0.494 e. The molecular weight excluding hydrogens is 781 g/mol. The van der Waals surface area contributed by atoms with E-state index in [2.05, 4.69) is 27.0 Å². The lowest BCUT2D eigenvalue weighted by atomic mass is 9.78. The number of hydrogen-bond donors (Lipinski definition) is 0. The highest BCUT2D eigenvalue weighted by Crippen LogP contribution is 2.33. The van der Waals surface area contributed by atoms with Gasteiger partial charge in [-0.3, -0.25) is 9.59 Å². The molecule has 0 saturated carbocycles. The fourth-order valence-corrected chi connectivity index (χ4v) is 5.63. The molecule has 0 saturated heterocycles.